The Morgan fingerprint density at radius 1 is 1.00 bits per heavy atom. The van der Waals surface area contributed by atoms with Crippen LogP contribution in [0.1, 0.15) is 30.4 Å². The number of aryl methyl sites for hydroxylation is 1. The number of nitrogens with zero attached hydrogens (tertiary/aromatic N) is 1. The predicted octanol–water partition coefficient (Wildman–Crippen LogP) is 2.21. The van der Waals surface area contributed by atoms with Crippen LogP contribution in [-0.4, -0.2) is 29.6 Å². The first-order chi connectivity index (χ1) is 7.88. The predicted molar refractivity (Wildman–Crippen MR) is 66.4 cm³/mol. The lowest BCUT2D eigenvalue weighted by Gasteiger charge is -2.13. The van der Waals surface area contributed by atoms with Crippen LogP contribution in [0.15, 0.2) is 24.3 Å². The van der Waals surface area contributed by atoms with Crippen LogP contribution in [0.25, 0.3) is 0 Å². The summed E-state index contributed by atoms with van der Waals surface area (Å²) < 4.78 is 0. The summed E-state index contributed by atoms with van der Waals surface area (Å²) in [5, 5.41) is 8.94. The summed E-state index contributed by atoms with van der Waals surface area (Å²) in [4.78, 5) is 2.56. The van der Waals surface area contributed by atoms with Gasteiger partial charge in [-0.05, 0) is 56.4 Å². The molecule has 1 N–H and O–H groups in total. The lowest BCUT2D eigenvalue weighted by Crippen LogP contribution is -2.20. The van der Waals surface area contributed by atoms with Crippen molar-refractivity contribution in [3.05, 3.63) is 35.4 Å². The number of benzene rings is 1. The second kappa shape index (κ2) is 6.02. The van der Waals surface area contributed by atoms with Crippen molar-refractivity contribution in [1.82, 2.24) is 4.90 Å². The molecule has 1 saturated heterocycles. The molecule has 0 unspecified atom stereocenters. The fourth-order valence-corrected chi connectivity index (χ4v) is 2.32. The highest BCUT2D eigenvalue weighted by atomic mass is 16.3. The molecule has 0 saturated carbocycles. The topological polar surface area (TPSA) is 23.5 Å². The van der Waals surface area contributed by atoms with E-state index in [9.17, 15) is 0 Å². The molecule has 0 aromatic heterocycles. The van der Waals surface area contributed by atoms with Crippen molar-refractivity contribution in [2.24, 2.45) is 0 Å². The van der Waals surface area contributed by atoms with Crippen LogP contribution < -0.4 is 0 Å². The van der Waals surface area contributed by atoms with Crippen molar-refractivity contribution in [3.8, 4) is 0 Å². The molecular weight excluding hydrogens is 198 g/mol. The number of hydrogen-bond acceptors (Lipinski definition) is 2. The lowest BCUT2D eigenvalue weighted by atomic mass is 10.1. The molecule has 2 nitrogen and oxygen atoms in total. The third-order valence-corrected chi connectivity index (χ3v) is 3.34. The van der Waals surface area contributed by atoms with E-state index < -0.39 is 0 Å². The van der Waals surface area contributed by atoms with Crippen molar-refractivity contribution >= 4 is 0 Å². The van der Waals surface area contributed by atoms with Gasteiger partial charge in [-0.2, -0.15) is 0 Å². The highest BCUT2D eigenvalue weighted by Crippen LogP contribution is 2.10. The highest BCUT2D eigenvalue weighted by Gasteiger charge is 2.10. The first-order valence-electron chi connectivity index (χ1n) is 6.29. The molecule has 0 aliphatic carbocycles. The van der Waals surface area contributed by atoms with E-state index in [1.807, 2.05) is 12.1 Å². The van der Waals surface area contributed by atoms with Crippen LogP contribution in [0.3, 0.4) is 0 Å². The van der Waals surface area contributed by atoms with Crippen LogP contribution >= 0.6 is 0 Å². The Kier molecular flexibility index (Phi) is 4.37. The molecule has 1 aliphatic heterocycles. The van der Waals surface area contributed by atoms with E-state index in [4.69, 9.17) is 5.11 Å². The Morgan fingerprint density at radius 3 is 2.25 bits per heavy atom. The summed E-state index contributed by atoms with van der Waals surface area (Å²) in [6.07, 6.45) is 5.16. The van der Waals surface area contributed by atoms with E-state index in [2.05, 4.69) is 17.0 Å². The molecule has 2 rings (SSSR count). The molecule has 1 aromatic carbocycles. The molecule has 1 heterocycles. The lowest BCUT2D eigenvalue weighted by molar-refractivity contribution is 0.282. The van der Waals surface area contributed by atoms with E-state index in [0.29, 0.717) is 0 Å². The molecule has 0 atom stereocenters. The van der Waals surface area contributed by atoms with E-state index in [1.165, 1.54) is 44.5 Å². The van der Waals surface area contributed by atoms with Gasteiger partial charge in [0.1, 0.15) is 0 Å². The molecule has 2 heteroatoms. The smallest absolute Gasteiger partial charge is 0.0681 e. The van der Waals surface area contributed by atoms with Crippen LogP contribution in [-0.2, 0) is 13.0 Å². The molecule has 0 bridgehead atoms. The maximum Gasteiger partial charge on any atom is 0.0681 e. The summed E-state index contributed by atoms with van der Waals surface area (Å²) in [5.41, 5.74) is 2.39. The number of likely N-dealkylation sites (tertiary alicyclic amines) is 1. The van der Waals surface area contributed by atoms with E-state index in [0.717, 1.165) is 12.0 Å². The van der Waals surface area contributed by atoms with Gasteiger partial charge in [0, 0.05) is 0 Å². The number of aliphatic hydroxyl groups excluding tert-OH is 1. The van der Waals surface area contributed by atoms with Gasteiger partial charge >= 0.3 is 0 Å². The summed E-state index contributed by atoms with van der Waals surface area (Å²) in [6, 6.07) is 8.31. The molecule has 1 fully saturated rings. The first-order valence-corrected chi connectivity index (χ1v) is 6.29. The van der Waals surface area contributed by atoms with Gasteiger partial charge in [0.25, 0.3) is 0 Å². The number of hydrogen-bond donors (Lipinski definition) is 1. The molecule has 1 aliphatic rings. The summed E-state index contributed by atoms with van der Waals surface area (Å²) >= 11 is 0. The van der Waals surface area contributed by atoms with Crippen molar-refractivity contribution < 1.29 is 5.11 Å². The van der Waals surface area contributed by atoms with E-state index >= 15 is 0 Å². The zero-order valence-electron chi connectivity index (χ0n) is 9.86. The third-order valence-electron chi connectivity index (χ3n) is 3.34. The van der Waals surface area contributed by atoms with Gasteiger partial charge in [-0.15, -0.1) is 0 Å². The number of aliphatic hydroxyl groups is 1. The SMILES string of the molecule is OCc1ccc(CCCN2CCCC2)cc1. The zero-order valence-corrected chi connectivity index (χ0v) is 9.86. The Hall–Kier alpha value is -0.860. The summed E-state index contributed by atoms with van der Waals surface area (Å²) in [7, 11) is 0. The van der Waals surface area contributed by atoms with Gasteiger partial charge in [0.15, 0.2) is 0 Å². The summed E-state index contributed by atoms with van der Waals surface area (Å²) in [5.74, 6) is 0. The third kappa shape index (κ3) is 3.32. The zero-order chi connectivity index (χ0) is 11.2. The standard InChI is InChI=1S/C14H21NO/c16-12-14-7-5-13(6-8-14)4-3-11-15-9-1-2-10-15/h5-8,16H,1-4,9-12H2. The Bertz CT molecular complexity index is 301. The minimum Gasteiger partial charge on any atom is -0.392 e. The van der Waals surface area contributed by atoms with Crippen LogP contribution in [0.4, 0.5) is 0 Å². The largest absolute Gasteiger partial charge is 0.392 e. The fourth-order valence-electron chi connectivity index (χ4n) is 2.32. The van der Waals surface area contributed by atoms with Gasteiger partial charge in [-0.25, -0.2) is 0 Å². The maximum atomic E-state index is 8.94. The quantitative estimate of drug-likeness (QED) is 0.820. The van der Waals surface area contributed by atoms with Crippen LogP contribution in [0.2, 0.25) is 0 Å². The molecule has 0 spiro atoms. The summed E-state index contributed by atoms with van der Waals surface area (Å²) in [6.45, 7) is 3.97. The van der Waals surface area contributed by atoms with Crippen molar-refractivity contribution in [1.29, 1.82) is 0 Å². The minimum atomic E-state index is 0.147. The van der Waals surface area contributed by atoms with Crippen LogP contribution in [0.5, 0.6) is 0 Å². The molecule has 0 radical (unpaired) electrons. The molecule has 1 aromatic rings. The van der Waals surface area contributed by atoms with Crippen molar-refractivity contribution in [2.45, 2.75) is 32.3 Å². The average molecular weight is 219 g/mol. The number of rotatable bonds is 5. The van der Waals surface area contributed by atoms with Crippen molar-refractivity contribution in [3.63, 3.8) is 0 Å². The second-order valence-corrected chi connectivity index (χ2v) is 4.63. The average Bonchev–Trinajstić information content (AvgIpc) is 2.83. The second-order valence-electron chi connectivity index (χ2n) is 4.63. The monoisotopic (exact) mass is 219 g/mol. The first kappa shape index (κ1) is 11.6. The van der Waals surface area contributed by atoms with Gasteiger partial charge in [0.05, 0.1) is 6.61 Å². The normalized spacial score (nSPS) is 16.8. The van der Waals surface area contributed by atoms with Gasteiger partial charge in [-0.1, -0.05) is 24.3 Å². The molecule has 88 valence electrons. The molecule has 16 heavy (non-hydrogen) atoms. The highest BCUT2D eigenvalue weighted by molar-refractivity contribution is 5.21. The Morgan fingerprint density at radius 2 is 1.62 bits per heavy atom. The maximum absolute atomic E-state index is 8.94. The van der Waals surface area contributed by atoms with Crippen molar-refractivity contribution in [2.75, 3.05) is 19.6 Å². The fraction of sp³-hybridized carbons (Fsp3) is 0.571. The minimum absolute atomic E-state index is 0.147. The van der Waals surface area contributed by atoms with E-state index in [1.54, 1.807) is 0 Å². The molecular formula is C14H21NO. The Labute approximate surface area is 97.9 Å². The van der Waals surface area contributed by atoms with Gasteiger partial charge in [-0.3, -0.25) is 0 Å². The Balaban J connectivity index is 1.71. The van der Waals surface area contributed by atoms with Gasteiger partial charge in [0.2, 0.25) is 0 Å². The van der Waals surface area contributed by atoms with E-state index in [-0.39, 0.29) is 6.61 Å². The van der Waals surface area contributed by atoms with Gasteiger partial charge < -0.3 is 10.0 Å². The van der Waals surface area contributed by atoms with Crippen LogP contribution in [0, 0.1) is 0 Å². The molecule has 0 amide bonds.